The van der Waals surface area contributed by atoms with Crippen molar-refractivity contribution in [2.45, 2.75) is 52.5 Å². The van der Waals surface area contributed by atoms with Crippen LogP contribution in [-0.2, 0) is 0 Å². The molecule has 0 aromatic heterocycles. The van der Waals surface area contributed by atoms with E-state index in [1.807, 2.05) is 17.0 Å². The summed E-state index contributed by atoms with van der Waals surface area (Å²) in [5.74, 6) is 1.56. The third-order valence-electron chi connectivity index (χ3n) is 5.92. The van der Waals surface area contributed by atoms with Gasteiger partial charge >= 0.3 is 6.03 Å². The Labute approximate surface area is 181 Å². The van der Waals surface area contributed by atoms with Crippen molar-refractivity contribution in [2.75, 3.05) is 37.0 Å². The molecule has 5 heteroatoms. The molecule has 5 nitrogen and oxygen atoms in total. The second-order valence-corrected chi connectivity index (χ2v) is 8.74. The van der Waals surface area contributed by atoms with Gasteiger partial charge in [0, 0.05) is 37.1 Å². The molecule has 1 saturated heterocycles. The zero-order chi connectivity index (χ0) is 21.8. The molecule has 1 heterocycles. The molecule has 30 heavy (non-hydrogen) atoms. The zero-order valence-corrected chi connectivity index (χ0v) is 19.1. The number of methoxy groups -OCH3 is 1. The lowest BCUT2D eigenvalue weighted by atomic mass is 9.93. The number of nitrogens with one attached hydrogen (secondary N) is 1. The van der Waals surface area contributed by atoms with Gasteiger partial charge in [-0.3, -0.25) is 0 Å². The number of carbonyl (C=O) groups excluding carboxylic acids is 1. The van der Waals surface area contributed by atoms with Crippen molar-refractivity contribution >= 4 is 17.4 Å². The fourth-order valence-corrected chi connectivity index (χ4v) is 4.18. The quantitative estimate of drug-likeness (QED) is 0.690. The molecule has 1 atom stereocenters. The number of rotatable bonds is 5. The summed E-state index contributed by atoms with van der Waals surface area (Å²) in [7, 11) is 1.68. The normalized spacial score (nSPS) is 16.9. The molecular weight excluding hydrogens is 374 g/mol. The van der Waals surface area contributed by atoms with Crippen molar-refractivity contribution in [3.63, 3.8) is 0 Å². The van der Waals surface area contributed by atoms with Crippen LogP contribution in [0.5, 0.6) is 5.75 Å². The number of amides is 2. The van der Waals surface area contributed by atoms with Crippen molar-refractivity contribution in [1.82, 2.24) is 4.90 Å². The Morgan fingerprint density at radius 2 is 1.60 bits per heavy atom. The maximum Gasteiger partial charge on any atom is 0.321 e. The molecule has 0 spiro atoms. The molecule has 1 aliphatic rings. The molecule has 2 aromatic carbocycles. The molecule has 0 aliphatic carbocycles. The van der Waals surface area contributed by atoms with Crippen molar-refractivity contribution in [3.8, 4) is 5.75 Å². The summed E-state index contributed by atoms with van der Waals surface area (Å²) < 4.78 is 5.26. The Kier molecular flexibility index (Phi) is 6.91. The summed E-state index contributed by atoms with van der Waals surface area (Å²) in [4.78, 5) is 17.5. The molecule has 2 aromatic rings. The number of benzene rings is 2. The fraction of sp³-hybridized carbons (Fsp3) is 0.480. The highest BCUT2D eigenvalue weighted by molar-refractivity contribution is 5.91. The largest absolute Gasteiger partial charge is 0.497 e. The maximum atomic E-state index is 13.2. The van der Waals surface area contributed by atoms with Gasteiger partial charge in [0.05, 0.1) is 7.11 Å². The fourth-order valence-electron chi connectivity index (χ4n) is 4.18. The van der Waals surface area contributed by atoms with Crippen molar-refractivity contribution < 1.29 is 9.53 Å². The Morgan fingerprint density at radius 1 is 1.00 bits per heavy atom. The average molecular weight is 410 g/mol. The van der Waals surface area contributed by atoms with Gasteiger partial charge in [0.1, 0.15) is 5.75 Å². The molecule has 1 N–H and O–H groups in total. The number of piperazine rings is 1. The van der Waals surface area contributed by atoms with Crippen LogP contribution >= 0.6 is 0 Å². The highest BCUT2D eigenvalue weighted by Crippen LogP contribution is 2.33. The molecule has 3 rings (SSSR count). The minimum Gasteiger partial charge on any atom is -0.497 e. The van der Waals surface area contributed by atoms with Gasteiger partial charge in [0.15, 0.2) is 0 Å². The molecule has 2 amide bonds. The molecule has 1 aliphatic heterocycles. The van der Waals surface area contributed by atoms with E-state index >= 15 is 0 Å². The predicted molar refractivity (Wildman–Crippen MR) is 125 cm³/mol. The van der Waals surface area contributed by atoms with E-state index in [9.17, 15) is 4.79 Å². The second-order valence-electron chi connectivity index (χ2n) is 8.74. The summed E-state index contributed by atoms with van der Waals surface area (Å²) >= 11 is 0. The minimum atomic E-state index is -0.00812. The van der Waals surface area contributed by atoms with Crippen molar-refractivity contribution in [2.24, 2.45) is 0 Å². The number of urea groups is 1. The predicted octanol–water partition coefficient (Wildman–Crippen LogP) is 5.68. The van der Waals surface area contributed by atoms with Gasteiger partial charge in [0.25, 0.3) is 0 Å². The highest BCUT2D eigenvalue weighted by Gasteiger charge is 2.28. The molecule has 1 unspecified atom stereocenters. The van der Waals surface area contributed by atoms with Gasteiger partial charge in [-0.05, 0) is 54.2 Å². The average Bonchev–Trinajstić information content (AvgIpc) is 2.73. The number of ether oxygens (including phenoxy) is 1. The van der Waals surface area contributed by atoms with Crippen LogP contribution in [0.15, 0.2) is 42.5 Å². The number of hydrogen-bond donors (Lipinski definition) is 1. The highest BCUT2D eigenvalue weighted by atomic mass is 16.5. The second kappa shape index (κ2) is 9.41. The molecular formula is C25H35N3O2. The monoisotopic (exact) mass is 409 g/mol. The van der Waals surface area contributed by atoms with Gasteiger partial charge in [-0.15, -0.1) is 0 Å². The Balaban J connectivity index is 1.72. The van der Waals surface area contributed by atoms with Gasteiger partial charge in [-0.1, -0.05) is 45.9 Å². The van der Waals surface area contributed by atoms with Crippen LogP contribution in [0.1, 0.15) is 57.6 Å². The van der Waals surface area contributed by atoms with E-state index in [0.29, 0.717) is 24.9 Å². The van der Waals surface area contributed by atoms with E-state index in [1.54, 1.807) is 7.11 Å². The lowest BCUT2D eigenvalue weighted by Gasteiger charge is -2.41. The van der Waals surface area contributed by atoms with Crippen molar-refractivity contribution in [1.29, 1.82) is 0 Å². The van der Waals surface area contributed by atoms with E-state index in [1.165, 1.54) is 11.1 Å². The standard InChI is InChI=1S/C25H35N3O2/c1-17(2)22-8-7-9-23(18(3)4)24(22)26-25(29)27-14-15-28(19(5)16-27)20-10-12-21(30-6)13-11-20/h7-13,17-19H,14-16H2,1-6H3,(H,26,29). The molecule has 162 valence electrons. The Hall–Kier alpha value is -2.69. The van der Waals surface area contributed by atoms with Crippen LogP contribution in [0, 0.1) is 0 Å². The first kappa shape index (κ1) is 22.0. The summed E-state index contributed by atoms with van der Waals surface area (Å²) in [5.41, 5.74) is 4.53. The SMILES string of the molecule is COc1ccc(N2CCN(C(=O)Nc3c(C(C)C)cccc3C(C)C)CC2C)cc1. The van der Waals surface area contributed by atoms with E-state index in [2.05, 4.69) is 75.2 Å². The van der Waals surface area contributed by atoms with Crippen LogP contribution in [0.2, 0.25) is 0 Å². The summed E-state index contributed by atoms with van der Waals surface area (Å²) in [6.07, 6.45) is 0. The number of hydrogen-bond acceptors (Lipinski definition) is 3. The lowest BCUT2D eigenvalue weighted by molar-refractivity contribution is 0.200. The number of nitrogens with zero attached hydrogens (tertiary/aromatic N) is 2. The van der Waals surface area contributed by atoms with Gasteiger partial charge in [-0.2, -0.15) is 0 Å². The number of anilines is 2. The minimum absolute atomic E-state index is 0.00812. The van der Waals surface area contributed by atoms with Gasteiger partial charge in [0.2, 0.25) is 0 Å². The number of carbonyl (C=O) groups is 1. The third kappa shape index (κ3) is 4.72. The van der Waals surface area contributed by atoms with Crippen LogP contribution in [0.25, 0.3) is 0 Å². The van der Waals surface area contributed by atoms with Gasteiger partial charge in [-0.25, -0.2) is 4.79 Å². The molecule has 0 bridgehead atoms. The molecule has 0 saturated carbocycles. The van der Waals surface area contributed by atoms with E-state index in [0.717, 1.165) is 23.7 Å². The Morgan fingerprint density at radius 3 is 2.10 bits per heavy atom. The van der Waals surface area contributed by atoms with E-state index < -0.39 is 0 Å². The van der Waals surface area contributed by atoms with Crippen LogP contribution in [0.3, 0.4) is 0 Å². The van der Waals surface area contributed by atoms with E-state index in [4.69, 9.17) is 4.74 Å². The van der Waals surface area contributed by atoms with Crippen LogP contribution in [-0.4, -0.2) is 43.7 Å². The smallest absolute Gasteiger partial charge is 0.321 e. The number of para-hydroxylation sites is 1. The maximum absolute atomic E-state index is 13.2. The molecule has 0 radical (unpaired) electrons. The Bertz CT molecular complexity index is 835. The topological polar surface area (TPSA) is 44.8 Å². The van der Waals surface area contributed by atoms with E-state index in [-0.39, 0.29) is 12.1 Å². The van der Waals surface area contributed by atoms with Gasteiger partial charge < -0.3 is 19.9 Å². The lowest BCUT2D eigenvalue weighted by Crippen LogP contribution is -2.54. The zero-order valence-electron chi connectivity index (χ0n) is 19.1. The van der Waals surface area contributed by atoms with Crippen LogP contribution in [0.4, 0.5) is 16.2 Å². The first-order valence-electron chi connectivity index (χ1n) is 10.9. The third-order valence-corrected chi connectivity index (χ3v) is 5.92. The summed E-state index contributed by atoms with van der Waals surface area (Å²) in [5, 5.41) is 3.25. The van der Waals surface area contributed by atoms with Crippen LogP contribution < -0.4 is 15.0 Å². The summed E-state index contributed by atoms with van der Waals surface area (Å²) in [6.45, 7) is 13.1. The van der Waals surface area contributed by atoms with Crippen molar-refractivity contribution in [3.05, 3.63) is 53.6 Å². The molecule has 1 fully saturated rings. The first-order chi connectivity index (χ1) is 14.3. The summed E-state index contributed by atoms with van der Waals surface area (Å²) in [6, 6.07) is 14.7. The first-order valence-corrected chi connectivity index (χ1v) is 10.9.